The maximum atomic E-state index is 2.69. The van der Waals surface area contributed by atoms with Gasteiger partial charge in [0.1, 0.15) is 0 Å². The number of hydrogen-bond acceptors (Lipinski definition) is 4. The Hall–Kier alpha value is -5.68. The quantitative estimate of drug-likeness (QED) is 0.166. The zero-order chi connectivity index (χ0) is 39.0. The van der Waals surface area contributed by atoms with E-state index >= 15 is 0 Å². The molecule has 0 spiro atoms. The second-order valence-electron chi connectivity index (χ2n) is 16.9. The first kappa shape index (κ1) is 35.3. The van der Waals surface area contributed by atoms with Crippen LogP contribution in [-0.2, 0) is 12.8 Å². The van der Waals surface area contributed by atoms with E-state index in [2.05, 4.69) is 175 Å². The molecule has 6 aliphatic carbocycles. The Bertz CT molecular complexity index is 2970. The van der Waals surface area contributed by atoms with E-state index < -0.39 is 0 Å². The fourth-order valence-corrected chi connectivity index (χ4v) is 13.0. The third kappa shape index (κ3) is 5.79. The maximum Gasteiger partial charge on any atom is 0.0500 e. The number of allylic oxidation sites excluding steroid dienone is 12. The van der Waals surface area contributed by atoms with E-state index in [1.54, 1.807) is 0 Å². The van der Waals surface area contributed by atoms with Gasteiger partial charge in [0.05, 0.1) is 0 Å². The molecule has 2 nitrogen and oxygen atoms in total. The molecule has 0 radical (unpaired) electrons. The Balaban J connectivity index is 1.04. The molecule has 0 bridgehead atoms. The number of rotatable bonds is 6. The van der Waals surface area contributed by atoms with Crippen LogP contribution in [0.3, 0.4) is 0 Å². The van der Waals surface area contributed by atoms with Gasteiger partial charge in [-0.2, -0.15) is 0 Å². The van der Waals surface area contributed by atoms with Gasteiger partial charge < -0.3 is 9.80 Å². The highest BCUT2D eigenvalue weighted by Gasteiger charge is 2.39. The molecule has 12 rings (SSSR count). The Labute approximate surface area is 355 Å². The molecule has 0 N–H and O–H groups in total. The topological polar surface area (TPSA) is 6.48 Å². The Morgan fingerprint density at radius 1 is 0.610 bits per heavy atom. The van der Waals surface area contributed by atoms with E-state index in [-0.39, 0.29) is 11.8 Å². The standard InChI is InChI=1S/C55H46N2S2/c1-35-15-5-12-24-49(35)57(38-28-30-55-48(32-38)44-23-11-14-26-53(44)59-55)51-34-46-39-18-6-8-20-41(39)50(33-45(46)40-19-7-9-21-42(40)51)56(36-16-3-2-4-17-36)37-27-29-54-47(31-37)43-22-10-13-25-52(43)58-54/h2-3,5-9,11-14,16,18-21,23-27,29,31-35,45-46H,4,10,15,17,22,28,30H2,1H3. The third-order valence-electron chi connectivity index (χ3n) is 13.5. The molecule has 3 atom stereocenters. The average Bonchev–Trinajstić information content (AvgIpc) is 3.86. The van der Waals surface area contributed by atoms with Gasteiger partial charge in [0, 0.05) is 87.6 Å². The van der Waals surface area contributed by atoms with Crippen LogP contribution in [0, 0.1) is 5.92 Å². The lowest BCUT2D eigenvalue weighted by Crippen LogP contribution is -2.32. The monoisotopic (exact) mass is 798 g/mol. The van der Waals surface area contributed by atoms with Crippen LogP contribution in [0.4, 0.5) is 5.69 Å². The molecule has 6 aromatic rings. The molecule has 2 heterocycles. The summed E-state index contributed by atoms with van der Waals surface area (Å²) in [7, 11) is 0. The molecule has 4 aromatic carbocycles. The molecule has 59 heavy (non-hydrogen) atoms. The van der Waals surface area contributed by atoms with Crippen molar-refractivity contribution in [3.63, 3.8) is 0 Å². The minimum absolute atomic E-state index is 0.192. The highest BCUT2D eigenvalue weighted by molar-refractivity contribution is 7.20. The number of aryl methyl sites for hydroxylation is 2. The van der Waals surface area contributed by atoms with Gasteiger partial charge in [-0.25, -0.2) is 0 Å². The van der Waals surface area contributed by atoms with Gasteiger partial charge in [-0.1, -0.05) is 116 Å². The minimum Gasteiger partial charge on any atom is -0.317 e. The Morgan fingerprint density at radius 2 is 1.34 bits per heavy atom. The van der Waals surface area contributed by atoms with Crippen molar-refractivity contribution < 1.29 is 0 Å². The lowest BCUT2D eigenvalue weighted by Gasteiger charge is -2.44. The molecule has 3 unspecified atom stereocenters. The van der Waals surface area contributed by atoms with E-state index in [4.69, 9.17) is 0 Å². The van der Waals surface area contributed by atoms with Crippen molar-refractivity contribution in [3.05, 3.63) is 206 Å². The van der Waals surface area contributed by atoms with Crippen LogP contribution in [0.5, 0.6) is 0 Å². The van der Waals surface area contributed by atoms with Crippen molar-refractivity contribution in [1.82, 2.24) is 4.90 Å². The van der Waals surface area contributed by atoms with Gasteiger partial charge in [0.2, 0.25) is 0 Å². The molecule has 0 aliphatic heterocycles. The summed E-state index contributed by atoms with van der Waals surface area (Å²) >= 11 is 3.92. The number of nitrogens with zero attached hydrogens (tertiary/aromatic N) is 2. The summed E-state index contributed by atoms with van der Waals surface area (Å²) in [4.78, 5) is 8.25. The molecule has 0 saturated heterocycles. The summed E-state index contributed by atoms with van der Waals surface area (Å²) < 4.78 is 2.78. The largest absolute Gasteiger partial charge is 0.317 e. The smallest absolute Gasteiger partial charge is 0.0500 e. The normalized spacial score (nSPS) is 21.3. The average molecular weight is 799 g/mol. The van der Waals surface area contributed by atoms with E-state index in [0.717, 1.165) is 44.9 Å². The first-order chi connectivity index (χ1) is 29.2. The van der Waals surface area contributed by atoms with Gasteiger partial charge in [0.25, 0.3) is 0 Å². The fourth-order valence-electron chi connectivity index (χ4n) is 10.7. The van der Waals surface area contributed by atoms with E-state index in [9.17, 15) is 0 Å². The molecule has 6 aliphatic rings. The summed E-state index contributed by atoms with van der Waals surface area (Å²) in [6.07, 6.45) is 33.9. The highest BCUT2D eigenvalue weighted by atomic mass is 32.1. The van der Waals surface area contributed by atoms with Gasteiger partial charge in [-0.3, -0.25) is 0 Å². The summed E-state index contributed by atoms with van der Waals surface area (Å²) in [6.45, 7) is 2.41. The predicted molar refractivity (Wildman–Crippen MR) is 253 cm³/mol. The third-order valence-corrected chi connectivity index (χ3v) is 15.9. The molecule has 0 saturated carbocycles. The fraction of sp³-hybridized carbons (Fsp3) is 0.200. The summed E-state index contributed by atoms with van der Waals surface area (Å²) in [5, 5.41) is 2.80. The molecule has 4 heteroatoms. The minimum atomic E-state index is 0.192. The highest BCUT2D eigenvalue weighted by Crippen LogP contribution is 2.54. The number of thiophene rings is 2. The van der Waals surface area contributed by atoms with Crippen LogP contribution in [-0.4, -0.2) is 4.90 Å². The number of anilines is 1. The zero-order valence-electron chi connectivity index (χ0n) is 33.4. The van der Waals surface area contributed by atoms with Crippen molar-refractivity contribution in [2.45, 2.75) is 63.7 Å². The molecule has 0 fully saturated rings. The van der Waals surface area contributed by atoms with E-state index in [0.29, 0.717) is 5.92 Å². The Morgan fingerprint density at radius 3 is 2.14 bits per heavy atom. The summed E-state index contributed by atoms with van der Waals surface area (Å²) in [5.41, 5.74) is 16.5. The van der Waals surface area contributed by atoms with Crippen LogP contribution in [0.2, 0.25) is 0 Å². The first-order valence-electron chi connectivity index (χ1n) is 21.6. The predicted octanol–water partition coefficient (Wildman–Crippen LogP) is 15.2. The second kappa shape index (κ2) is 14.3. The van der Waals surface area contributed by atoms with Crippen LogP contribution in [0.25, 0.3) is 43.7 Å². The van der Waals surface area contributed by atoms with E-state index in [1.165, 1.54) is 97.5 Å². The number of fused-ring (bicyclic) bond motifs is 11. The van der Waals surface area contributed by atoms with Crippen molar-refractivity contribution in [1.29, 1.82) is 0 Å². The lowest BCUT2D eigenvalue weighted by atomic mass is 9.69. The van der Waals surface area contributed by atoms with Gasteiger partial charge in [0.15, 0.2) is 0 Å². The van der Waals surface area contributed by atoms with Crippen LogP contribution in [0.1, 0.15) is 94.0 Å². The second-order valence-corrected chi connectivity index (χ2v) is 19.1. The summed E-state index contributed by atoms with van der Waals surface area (Å²) in [6, 6.07) is 34.9. The molecular formula is C55H46N2S2. The van der Waals surface area contributed by atoms with Crippen molar-refractivity contribution >= 4 is 72.1 Å². The van der Waals surface area contributed by atoms with Crippen molar-refractivity contribution in [3.8, 4) is 0 Å². The van der Waals surface area contributed by atoms with Gasteiger partial charge in [-0.05, 0) is 121 Å². The first-order valence-corrected chi connectivity index (χ1v) is 23.2. The van der Waals surface area contributed by atoms with Gasteiger partial charge >= 0.3 is 0 Å². The van der Waals surface area contributed by atoms with Crippen molar-refractivity contribution in [2.24, 2.45) is 5.92 Å². The number of benzene rings is 4. The molecular weight excluding hydrogens is 753 g/mol. The van der Waals surface area contributed by atoms with Gasteiger partial charge in [-0.15, -0.1) is 22.7 Å². The maximum absolute atomic E-state index is 2.69. The van der Waals surface area contributed by atoms with E-state index in [1.807, 2.05) is 22.7 Å². The zero-order valence-corrected chi connectivity index (χ0v) is 35.0. The summed E-state index contributed by atoms with van der Waals surface area (Å²) in [5.74, 6) is 0.794. The van der Waals surface area contributed by atoms with Crippen molar-refractivity contribution in [2.75, 3.05) is 4.90 Å². The molecule has 288 valence electrons. The lowest BCUT2D eigenvalue weighted by molar-refractivity contribution is 0.470. The SMILES string of the molecule is CC1CC=CC=C1N(C1=Cc2c(sc3ccccc23)CC1)C1=CC2c3ccccc3C(N(C3=CC=CCC3)c3ccc4sc5c(c4c3)CCC=C5)=CC2c2ccccc21. The number of hydrogen-bond donors (Lipinski definition) is 0. The van der Waals surface area contributed by atoms with Crippen LogP contribution in [0.15, 0.2) is 163 Å². The molecule has 2 aromatic heterocycles. The van der Waals surface area contributed by atoms with Crippen LogP contribution < -0.4 is 4.90 Å². The molecule has 0 amide bonds. The van der Waals surface area contributed by atoms with Crippen LogP contribution >= 0.6 is 22.7 Å². The Kier molecular flexibility index (Phi) is 8.52.